The van der Waals surface area contributed by atoms with E-state index in [1.807, 2.05) is 0 Å². The largest absolute Gasteiger partial charge is 0.416 e. The summed E-state index contributed by atoms with van der Waals surface area (Å²) >= 11 is 5.63. The lowest BCUT2D eigenvalue weighted by Crippen LogP contribution is -2.13. The van der Waals surface area contributed by atoms with Crippen LogP contribution in [0, 0.1) is 0 Å². The lowest BCUT2D eigenvalue weighted by atomic mass is 10.2. The van der Waals surface area contributed by atoms with Gasteiger partial charge < -0.3 is 11.1 Å². The fourth-order valence-electron chi connectivity index (χ4n) is 1.62. The number of hydrogen-bond acceptors (Lipinski definition) is 3. The number of rotatable bonds is 2. The molecule has 0 atom stereocenters. The van der Waals surface area contributed by atoms with Gasteiger partial charge in [0.05, 0.1) is 5.56 Å². The Morgan fingerprint density at radius 2 is 1.95 bits per heavy atom. The van der Waals surface area contributed by atoms with Crippen LogP contribution in [0.15, 0.2) is 36.5 Å². The van der Waals surface area contributed by atoms with Crippen molar-refractivity contribution in [2.75, 3.05) is 11.1 Å². The van der Waals surface area contributed by atoms with Crippen LogP contribution in [0.1, 0.15) is 15.9 Å². The van der Waals surface area contributed by atoms with E-state index in [0.29, 0.717) is 0 Å². The molecule has 0 saturated carbocycles. The zero-order valence-corrected chi connectivity index (χ0v) is 11.2. The van der Waals surface area contributed by atoms with Gasteiger partial charge in [-0.25, -0.2) is 4.98 Å². The van der Waals surface area contributed by atoms with Crippen molar-refractivity contribution >= 4 is 29.0 Å². The lowest BCUT2D eigenvalue weighted by Gasteiger charge is -2.11. The van der Waals surface area contributed by atoms with Gasteiger partial charge in [0.2, 0.25) is 0 Å². The Balaban J connectivity index is 2.27. The average Bonchev–Trinajstić information content (AvgIpc) is 2.37. The molecule has 110 valence electrons. The number of nitrogens with two attached hydrogens (primary N) is 1. The summed E-state index contributed by atoms with van der Waals surface area (Å²) in [4.78, 5) is 15.6. The summed E-state index contributed by atoms with van der Waals surface area (Å²) in [7, 11) is 0. The highest BCUT2D eigenvalue weighted by atomic mass is 35.5. The van der Waals surface area contributed by atoms with Crippen LogP contribution in [0.3, 0.4) is 0 Å². The molecule has 4 nitrogen and oxygen atoms in total. The summed E-state index contributed by atoms with van der Waals surface area (Å²) in [6, 6.07) is 5.50. The van der Waals surface area contributed by atoms with E-state index in [9.17, 15) is 18.0 Å². The first kappa shape index (κ1) is 15.1. The number of amides is 1. The molecular weight excluding hydrogens is 307 g/mol. The van der Waals surface area contributed by atoms with Crippen molar-refractivity contribution in [1.29, 1.82) is 0 Å². The third kappa shape index (κ3) is 3.85. The molecular formula is C13H9ClF3N3O. The molecule has 1 aromatic carbocycles. The van der Waals surface area contributed by atoms with Crippen LogP contribution >= 0.6 is 11.6 Å². The van der Waals surface area contributed by atoms with Crippen LogP contribution in [-0.2, 0) is 6.18 Å². The summed E-state index contributed by atoms with van der Waals surface area (Å²) in [5, 5.41) is 2.20. The summed E-state index contributed by atoms with van der Waals surface area (Å²) in [5.41, 5.74) is 4.61. The summed E-state index contributed by atoms with van der Waals surface area (Å²) in [5.74, 6) is -0.482. The minimum absolute atomic E-state index is 0.0600. The SMILES string of the molecule is Nc1cc(C(=O)Nc2cc(Cl)cc(C(F)(F)F)c2)ccn1. The Morgan fingerprint density at radius 1 is 1.24 bits per heavy atom. The molecule has 0 aliphatic heterocycles. The summed E-state index contributed by atoms with van der Waals surface area (Å²) in [6.07, 6.45) is -3.23. The number of pyridine rings is 1. The molecule has 1 heterocycles. The van der Waals surface area contributed by atoms with Gasteiger partial charge in [-0.3, -0.25) is 4.79 Å². The fraction of sp³-hybridized carbons (Fsp3) is 0.0769. The first-order valence-corrected chi connectivity index (χ1v) is 6.04. The number of halogens is 4. The van der Waals surface area contributed by atoms with Crippen LogP contribution in [0.2, 0.25) is 5.02 Å². The van der Waals surface area contributed by atoms with Crippen LogP contribution in [0.25, 0.3) is 0 Å². The van der Waals surface area contributed by atoms with Gasteiger partial charge in [-0.15, -0.1) is 0 Å². The van der Waals surface area contributed by atoms with Crippen LogP contribution in [0.5, 0.6) is 0 Å². The fourth-order valence-corrected chi connectivity index (χ4v) is 1.85. The van der Waals surface area contributed by atoms with Gasteiger partial charge >= 0.3 is 6.18 Å². The quantitative estimate of drug-likeness (QED) is 0.890. The molecule has 0 bridgehead atoms. The Hall–Kier alpha value is -2.28. The first-order valence-electron chi connectivity index (χ1n) is 5.66. The molecule has 0 radical (unpaired) electrons. The van der Waals surface area contributed by atoms with E-state index in [0.717, 1.165) is 12.1 Å². The Bertz CT molecular complexity index is 689. The summed E-state index contributed by atoms with van der Waals surface area (Å²) < 4.78 is 38.0. The molecule has 0 fully saturated rings. The molecule has 2 aromatic rings. The number of alkyl halides is 3. The Labute approximate surface area is 122 Å². The molecule has 0 saturated heterocycles. The van der Waals surface area contributed by atoms with Crippen LogP contribution in [-0.4, -0.2) is 10.9 Å². The molecule has 0 spiro atoms. The minimum Gasteiger partial charge on any atom is -0.384 e. The maximum Gasteiger partial charge on any atom is 0.416 e. The molecule has 2 rings (SSSR count). The molecule has 0 aliphatic rings. The standard InChI is InChI=1S/C13H9ClF3N3O/c14-9-4-8(13(15,16)17)5-10(6-9)20-12(21)7-1-2-19-11(18)3-7/h1-6H,(H2,18,19)(H,20,21). The van der Waals surface area contributed by atoms with Crippen molar-refractivity contribution in [3.63, 3.8) is 0 Å². The number of anilines is 2. The topological polar surface area (TPSA) is 68.0 Å². The number of carbonyl (C=O) groups is 1. The van der Waals surface area contributed by atoms with E-state index < -0.39 is 17.6 Å². The molecule has 1 aromatic heterocycles. The third-order valence-corrected chi connectivity index (χ3v) is 2.74. The second kappa shape index (κ2) is 5.61. The zero-order chi connectivity index (χ0) is 15.6. The van der Waals surface area contributed by atoms with Gasteiger partial charge in [-0.05, 0) is 30.3 Å². The number of aromatic nitrogens is 1. The smallest absolute Gasteiger partial charge is 0.384 e. The second-order valence-electron chi connectivity index (χ2n) is 4.15. The van der Waals surface area contributed by atoms with Gasteiger partial charge in [-0.1, -0.05) is 11.6 Å². The van der Waals surface area contributed by atoms with E-state index in [4.69, 9.17) is 17.3 Å². The molecule has 1 amide bonds. The van der Waals surface area contributed by atoms with Crippen LogP contribution in [0.4, 0.5) is 24.7 Å². The predicted molar refractivity (Wildman–Crippen MR) is 73.1 cm³/mol. The van der Waals surface area contributed by atoms with Gasteiger partial charge in [-0.2, -0.15) is 13.2 Å². The van der Waals surface area contributed by atoms with E-state index >= 15 is 0 Å². The number of nitrogens with zero attached hydrogens (tertiary/aromatic N) is 1. The maximum atomic E-state index is 12.7. The van der Waals surface area contributed by atoms with E-state index in [1.54, 1.807) is 0 Å². The van der Waals surface area contributed by atoms with E-state index in [2.05, 4.69) is 10.3 Å². The van der Waals surface area contributed by atoms with Gasteiger partial charge in [0, 0.05) is 22.5 Å². The zero-order valence-electron chi connectivity index (χ0n) is 10.4. The highest BCUT2D eigenvalue weighted by Crippen LogP contribution is 2.33. The Kier molecular flexibility index (Phi) is 4.04. The first-order chi connectivity index (χ1) is 9.75. The van der Waals surface area contributed by atoms with Gasteiger partial charge in [0.15, 0.2) is 0 Å². The van der Waals surface area contributed by atoms with Gasteiger partial charge in [0.1, 0.15) is 5.82 Å². The average molecular weight is 316 g/mol. The number of hydrogen-bond donors (Lipinski definition) is 2. The molecule has 0 aliphatic carbocycles. The van der Waals surface area contributed by atoms with E-state index in [-0.39, 0.29) is 22.1 Å². The second-order valence-corrected chi connectivity index (χ2v) is 4.59. The van der Waals surface area contributed by atoms with Crippen molar-refractivity contribution in [3.8, 4) is 0 Å². The highest BCUT2D eigenvalue weighted by molar-refractivity contribution is 6.31. The van der Waals surface area contributed by atoms with Crippen molar-refractivity contribution < 1.29 is 18.0 Å². The van der Waals surface area contributed by atoms with Crippen molar-refractivity contribution in [3.05, 3.63) is 52.7 Å². The summed E-state index contributed by atoms with van der Waals surface area (Å²) in [6.45, 7) is 0. The number of benzene rings is 1. The number of nitrogen functional groups attached to an aromatic ring is 1. The highest BCUT2D eigenvalue weighted by Gasteiger charge is 2.31. The lowest BCUT2D eigenvalue weighted by molar-refractivity contribution is -0.137. The molecule has 8 heteroatoms. The number of nitrogens with one attached hydrogen (secondary N) is 1. The van der Waals surface area contributed by atoms with Gasteiger partial charge in [0.25, 0.3) is 5.91 Å². The predicted octanol–water partition coefficient (Wildman–Crippen LogP) is 3.59. The number of carbonyl (C=O) groups excluding carboxylic acids is 1. The minimum atomic E-state index is -4.55. The van der Waals surface area contributed by atoms with Crippen LogP contribution < -0.4 is 11.1 Å². The van der Waals surface area contributed by atoms with E-state index in [1.165, 1.54) is 24.4 Å². The Morgan fingerprint density at radius 3 is 2.57 bits per heavy atom. The van der Waals surface area contributed by atoms with Crippen molar-refractivity contribution in [2.45, 2.75) is 6.18 Å². The maximum absolute atomic E-state index is 12.7. The van der Waals surface area contributed by atoms with Crippen molar-refractivity contribution in [1.82, 2.24) is 4.98 Å². The monoisotopic (exact) mass is 315 g/mol. The van der Waals surface area contributed by atoms with Crippen molar-refractivity contribution in [2.24, 2.45) is 0 Å². The molecule has 0 unspecified atom stereocenters. The normalized spacial score (nSPS) is 11.2. The molecule has 21 heavy (non-hydrogen) atoms. The third-order valence-electron chi connectivity index (χ3n) is 2.53. The molecule has 3 N–H and O–H groups in total.